The molecule has 1 aromatic carbocycles. The molecule has 0 saturated carbocycles. The molecule has 0 unspecified atom stereocenters. The lowest BCUT2D eigenvalue weighted by molar-refractivity contribution is -0.151. The molecule has 3 aromatic rings. The minimum absolute atomic E-state index is 0.00357. The number of rotatable bonds is 13. The normalized spacial score (nSPS) is 12.8. The molecule has 5 N–H and O–H groups in total. The molecular weight excluding hydrogens is 522 g/mol. The van der Waals surface area contributed by atoms with Crippen LogP contribution in [0.4, 0.5) is 10.7 Å². The Morgan fingerprint density at radius 3 is 2.38 bits per heavy atom. The van der Waals surface area contributed by atoms with Gasteiger partial charge in [0, 0.05) is 0 Å². The minimum Gasteiger partial charge on any atom is -0.462 e. The quantitative estimate of drug-likeness (QED) is 0.176. The zero-order valence-electron chi connectivity index (χ0n) is 22.9. The van der Waals surface area contributed by atoms with E-state index < -0.39 is 35.6 Å². The van der Waals surface area contributed by atoms with Crippen LogP contribution < -0.4 is 21.9 Å². The van der Waals surface area contributed by atoms with Crippen LogP contribution in [0, 0.1) is 11.8 Å². The third kappa shape index (κ3) is 8.27. The highest BCUT2D eigenvalue weighted by Gasteiger charge is 2.31. The minimum atomic E-state index is -0.951. The molecule has 0 aliphatic rings. The van der Waals surface area contributed by atoms with Gasteiger partial charge in [-0.2, -0.15) is 4.98 Å². The zero-order chi connectivity index (χ0) is 29.2. The lowest BCUT2D eigenvalue weighted by Crippen LogP contribution is -2.55. The number of nitrogens with one attached hydrogen (secondary N) is 3. The van der Waals surface area contributed by atoms with Gasteiger partial charge in [-0.05, 0) is 17.4 Å². The van der Waals surface area contributed by atoms with E-state index in [1.165, 1.54) is 10.9 Å². The van der Waals surface area contributed by atoms with Gasteiger partial charge in [0.2, 0.25) is 11.9 Å². The molecule has 0 bridgehead atoms. The van der Waals surface area contributed by atoms with Gasteiger partial charge in [-0.1, -0.05) is 58.0 Å². The summed E-state index contributed by atoms with van der Waals surface area (Å²) in [6, 6.07) is 7.27. The van der Waals surface area contributed by atoms with Crippen LogP contribution in [-0.4, -0.2) is 62.8 Å². The SMILES string of the molecule is CC(C)[C@H](NC(=O)OCc1ccccc1)C(=O)N[C@H](C(=O)OCCOCn1cnc2c(=O)[nH]c(N)nc21)C(C)C. The maximum atomic E-state index is 13.0. The molecule has 0 aliphatic carbocycles. The second-order valence-corrected chi connectivity index (χ2v) is 9.70. The van der Waals surface area contributed by atoms with Crippen molar-refractivity contribution < 1.29 is 28.6 Å². The van der Waals surface area contributed by atoms with Gasteiger partial charge < -0.3 is 30.6 Å². The molecule has 216 valence electrons. The number of anilines is 1. The number of alkyl carbamates (subject to hydrolysis) is 1. The predicted octanol–water partition coefficient (Wildman–Crippen LogP) is 1.31. The number of ether oxygens (including phenoxy) is 3. The predicted molar refractivity (Wildman–Crippen MR) is 145 cm³/mol. The number of imidazole rings is 1. The van der Waals surface area contributed by atoms with Crippen LogP contribution in [0.15, 0.2) is 41.5 Å². The lowest BCUT2D eigenvalue weighted by atomic mass is 10.0. The van der Waals surface area contributed by atoms with Crippen molar-refractivity contribution in [3.8, 4) is 0 Å². The topological polar surface area (TPSA) is 193 Å². The standard InChI is InChI=1S/C26H35N7O7/c1-15(2)18(30-26(37)40-12-17-8-6-5-7-9-17)22(34)29-19(16(3)4)24(36)39-11-10-38-14-33-13-28-20-21(33)31-25(27)32-23(20)35/h5-9,13,15-16,18-19H,10-12,14H2,1-4H3,(H,29,34)(H,30,37)(H3,27,31,32,35)/t18-,19-/m0/s1. The van der Waals surface area contributed by atoms with E-state index in [1.54, 1.807) is 27.7 Å². The van der Waals surface area contributed by atoms with Crippen molar-refractivity contribution in [1.29, 1.82) is 0 Å². The van der Waals surface area contributed by atoms with Crippen molar-refractivity contribution in [2.75, 3.05) is 18.9 Å². The average Bonchev–Trinajstić information content (AvgIpc) is 3.31. The molecule has 2 aromatic heterocycles. The largest absolute Gasteiger partial charge is 0.462 e. The summed E-state index contributed by atoms with van der Waals surface area (Å²) in [7, 11) is 0. The van der Waals surface area contributed by atoms with E-state index in [0.29, 0.717) is 0 Å². The molecular formula is C26H35N7O7. The van der Waals surface area contributed by atoms with Gasteiger partial charge in [0.1, 0.15) is 32.0 Å². The van der Waals surface area contributed by atoms with E-state index >= 15 is 0 Å². The number of benzene rings is 1. The number of H-pyrrole nitrogens is 1. The number of hydrogen-bond donors (Lipinski definition) is 4. The Balaban J connectivity index is 1.47. The summed E-state index contributed by atoms with van der Waals surface area (Å²) >= 11 is 0. The van der Waals surface area contributed by atoms with E-state index in [9.17, 15) is 19.2 Å². The number of amides is 2. The Bertz CT molecular complexity index is 1350. The summed E-state index contributed by atoms with van der Waals surface area (Å²) in [6.45, 7) is 7.07. The van der Waals surface area contributed by atoms with Gasteiger partial charge in [-0.25, -0.2) is 14.6 Å². The van der Waals surface area contributed by atoms with Crippen molar-refractivity contribution in [2.24, 2.45) is 11.8 Å². The number of nitrogens with zero attached hydrogens (tertiary/aromatic N) is 3. The molecule has 3 rings (SSSR count). The number of carbonyl (C=O) groups excluding carboxylic acids is 3. The number of fused-ring (bicyclic) bond motifs is 1. The van der Waals surface area contributed by atoms with Crippen LogP contribution in [-0.2, 0) is 37.1 Å². The molecule has 14 nitrogen and oxygen atoms in total. The van der Waals surface area contributed by atoms with Crippen molar-refractivity contribution >= 4 is 35.1 Å². The molecule has 0 saturated heterocycles. The van der Waals surface area contributed by atoms with Gasteiger partial charge in [-0.3, -0.25) is 19.1 Å². The smallest absolute Gasteiger partial charge is 0.408 e. The molecule has 40 heavy (non-hydrogen) atoms. The first kappa shape index (κ1) is 30.1. The van der Waals surface area contributed by atoms with E-state index in [0.717, 1.165) is 5.56 Å². The van der Waals surface area contributed by atoms with Crippen LogP contribution in [0.3, 0.4) is 0 Å². The molecule has 0 spiro atoms. The third-order valence-electron chi connectivity index (χ3n) is 5.85. The zero-order valence-corrected chi connectivity index (χ0v) is 22.9. The van der Waals surface area contributed by atoms with Crippen LogP contribution in [0.1, 0.15) is 33.3 Å². The van der Waals surface area contributed by atoms with E-state index in [-0.39, 0.29) is 55.5 Å². The Labute approximate surface area is 230 Å². The third-order valence-corrected chi connectivity index (χ3v) is 5.85. The number of esters is 1. The fraction of sp³-hybridized carbons (Fsp3) is 0.462. The van der Waals surface area contributed by atoms with E-state index in [2.05, 4.69) is 25.6 Å². The second kappa shape index (κ2) is 14.1. The highest BCUT2D eigenvalue weighted by molar-refractivity contribution is 5.90. The number of hydrogen-bond acceptors (Lipinski definition) is 10. The number of carbonyl (C=O) groups is 3. The van der Waals surface area contributed by atoms with Gasteiger partial charge in [0.15, 0.2) is 11.2 Å². The van der Waals surface area contributed by atoms with Crippen LogP contribution in [0.5, 0.6) is 0 Å². The van der Waals surface area contributed by atoms with Crippen molar-refractivity contribution in [2.45, 2.75) is 53.1 Å². The lowest BCUT2D eigenvalue weighted by Gasteiger charge is -2.26. The fourth-order valence-electron chi connectivity index (χ4n) is 3.69. The molecule has 2 heterocycles. The number of nitrogen functional groups attached to an aromatic ring is 1. The van der Waals surface area contributed by atoms with E-state index in [4.69, 9.17) is 19.9 Å². The Morgan fingerprint density at radius 1 is 1.00 bits per heavy atom. The Kier molecular flexibility index (Phi) is 10.6. The van der Waals surface area contributed by atoms with Crippen molar-refractivity contribution in [3.63, 3.8) is 0 Å². The maximum Gasteiger partial charge on any atom is 0.408 e. The van der Waals surface area contributed by atoms with Crippen LogP contribution in [0.25, 0.3) is 11.2 Å². The summed E-state index contributed by atoms with van der Waals surface area (Å²) < 4.78 is 17.5. The molecule has 0 fully saturated rings. The number of nitrogens with two attached hydrogens (primary N) is 1. The first-order valence-corrected chi connectivity index (χ1v) is 12.8. The van der Waals surface area contributed by atoms with Crippen LogP contribution >= 0.6 is 0 Å². The van der Waals surface area contributed by atoms with Gasteiger partial charge in [0.25, 0.3) is 5.56 Å². The summed E-state index contributed by atoms with van der Waals surface area (Å²) in [4.78, 5) is 60.4. The monoisotopic (exact) mass is 557 g/mol. The molecule has 2 atom stereocenters. The highest BCUT2D eigenvalue weighted by atomic mass is 16.6. The summed E-state index contributed by atoms with van der Waals surface area (Å²) in [5, 5.41) is 5.26. The van der Waals surface area contributed by atoms with Gasteiger partial charge >= 0.3 is 12.1 Å². The highest BCUT2D eigenvalue weighted by Crippen LogP contribution is 2.10. The summed E-state index contributed by atoms with van der Waals surface area (Å²) in [5.41, 5.74) is 6.31. The average molecular weight is 558 g/mol. The first-order valence-electron chi connectivity index (χ1n) is 12.8. The summed E-state index contributed by atoms with van der Waals surface area (Å²) in [6.07, 6.45) is 0.644. The van der Waals surface area contributed by atoms with Gasteiger partial charge in [0.05, 0.1) is 12.9 Å². The molecule has 0 radical (unpaired) electrons. The second-order valence-electron chi connectivity index (χ2n) is 9.70. The molecule has 2 amide bonds. The number of aromatic nitrogens is 4. The molecule has 14 heteroatoms. The van der Waals surface area contributed by atoms with Crippen LogP contribution in [0.2, 0.25) is 0 Å². The fourth-order valence-corrected chi connectivity index (χ4v) is 3.69. The Morgan fingerprint density at radius 2 is 1.70 bits per heavy atom. The Hall–Kier alpha value is -4.46. The number of aromatic amines is 1. The maximum absolute atomic E-state index is 13.0. The first-order chi connectivity index (χ1) is 19.1. The van der Waals surface area contributed by atoms with Crippen molar-refractivity contribution in [3.05, 3.63) is 52.6 Å². The molecule has 0 aliphatic heterocycles. The van der Waals surface area contributed by atoms with Crippen molar-refractivity contribution in [1.82, 2.24) is 30.2 Å². The summed E-state index contributed by atoms with van der Waals surface area (Å²) in [5.74, 6) is -1.79. The van der Waals surface area contributed by atoms with Gasteiger partial charge in [-0.15, -0.1) is 0 Å². The van der Waals surface area contributed by atoms with E-state index in [1.807, 2.05) is 30.3 Å².